The summed E-state index contributed by atoms with van der Waals surface area (Å²) in [4.78, 5) is 40.9. The van der Waals surface area contributed by atoms with Gasteiger partial charge in [0.05, 0.1) is 6.42 Å². The zero-order valence-electron chi connectivity index (χ0n) is 17.3. The molecule has 29 heavy (non-hydrogen) atoms. The number of likely N-dealkylation sites (tertiary alicyclic amines) is 2. The van der Waals surface area contributed by atoms with Crippen molar-refractivity contribution in [2.75, 3.05) is 19.6 Å². The number of amides is 2. The van der Waals surface area contributed by atoms with Crippen LogP contribution >= 0.6 is 0 Å². The van der Waals surface area contributed by atoms with E-state index in [2.05, 4.69) is 0 Å². The average Bonchev–Trinajstić information content (AvgIpc) is 3.47. The molecule has 1 atom stereocenters. The SMILES string of the molecule is Cc1ccc(C)c(CC(=O)N2CC3(CCN(C(=O)C4CC4)CC3)C[C@H]2C(=O)O)c1. The van der Waals surface area contributed by atoms with E-state index in [1.54, 1.807) is 4.90 Å². The lowest BCUT2D eigenvalue weighted by Gasteiger charge is -2.39. The van der Waals surface area contributed by atoms with E-state index >= 15 is 0 Å². The van der Waals surface area contributed by atoms with Gasteiger partial charge in [-0.25, -0.2) is 4.79 Å². The molecule has 2 saturated heterocycles. The van der Waals surface area contributed by atoms with Gasteiger partial charge in [-0.1, -0.05) is 23.8 Å². The summed E-state index contributed by atoms with van der Waals surface area (Å²) < 4.78 is 0. The molecule has 1 N–H and O–H groups in total. The highest BCUT2D eigenvalue weighted by molar-refractivity contribution is 5.86. The molecular formula is C23H30N2O4. The number of carbonyl (C=O) groups excluding carboxylic acids is 2. The van der Waals surface area contributed by atoms with Gasteiger partial charge in [0.2, 0.25) is 11.8 Å². The van der Waals surface area contributed by atoms with Crippen LogP contribution in [0.25, 0.3) is 0 Å². The predicted molar refractivity (Wildman–Crippen MR) is 108 cm³/mol. The van der Waals surface area contributed by atoms with Crippen molar-refractivity contribution in [3.8, 4) is 0 Å². The zero-order valence-corrected chi connectivity index (χ0v) is 17.3. The fraction of sp³-hybridized carbons (Fsp3) is 0.609. The third-order valence-electron chi connectivity index (χ3n) is 7.02. The van der Waals surface area contributed by atoms with Crippen molar-refractivity contribution in [2.45, 2.75) is 58.4 Å². The fourth-order valence-electron chi connectivity index (χ4n) is 4.95. The normalized spacial score (nSPS) is 23.4. The summed E-state index contributed by atoms with van der Waals surface area (Å²) in [6.45, 7) is 5.82. The van der Waals surface area contributed by atoms with Gasteiger partial charge in [0.15, 0.2) is 0 Å². The zero-order chi connectivity index (χ0) is 20.8. The Morgan fingerprint density at radius 2 is 1.83 bits per heavy atom. The van der Waals surface area contributed by atoms with Crippen LogP contribution in [0.5, 0.6) is 0 Å². The first-order chi connectivity index (χ1) is 13.8. The van der Waals surface area contributed by atoms with Gasteiger partial charge in [0, 0.05) is 25.6 Å². The van der Waals surface area contributed by atoms with Crippen molar-refractivity contribution in [1.29, 1.82) is 0 Å². The van der Waals surface area contributed by atoms with Gasteiger partial charge in [-0.2, -0.15) is 0 Å². The molecule has 0 bridgehead atoms. The third-order valence-corrected chi connectivity index (χ3v) is 7.02. The molecule has 1 saturated carbocycles. The average molecular weight is 399 g/mol. The maximum Gasteiger partial charge on any atom is 0.326 e. The van der Waals surface area contributed by atoms with Gasteiger partial charge in [-0.15, -0.1) is 0 Å². The van der Waals surface area contributed by atoms with Gasteiger partial charge in [0.1, 0.15) is 6.04 Å². The number of piperidine rings is 1. The molecule has 3 aliphatic rings. The second-order valence-electron chi connectivity index (χ2n) is 9.29. The van der Waals surface area contributed by atoms with Crippen LogP contribution in [0.4, 0.5) is 0 Å². The lowest BCUT2D eigenvalue weighted by atomic mass is 9.76. The minimum Gasteiger partial charge on any atom is -0.480 e. The number of hydrogen-bond donors (Lipinski definition) is 1. The molecule has 2 aliphatic heterocycles. The Bertz CT molecular complexity index is 837. The van der Waals surface area contributed by atoms with Crippen molar-refractivity contribution >= 4 is 17.8 Å². The van der Waals surface area contributed by atoms with Gasteiger partial charge in [-0.3, -0.25) is 9.59 Å². The Morgan fingerprint density at radius 1 is 1.14 bits per heavy atom. The molecule has 4 rings (SSSR count). The number of rotatable bonds is 4. The van der Waals surface area contributed by atoms with Crippen molar-refractivity contribution in [1.82, 2.24) is 9.80 Å². The summed E-state index contributed by atoms with van der Waals surface area (Å²) in [7, 11) is 0. The molecule has 0 radical (unpaired) electrons. The minimum absolute atomic E-state index is 0.112. The minimum atomic E-state index is -0.923. The standard InChI is InChI=1S/C23H30N2O4/c1-15-3-4-16(2)18(11-15)12-20(26)25-14-23(13-19(25)22(28)29)7-9-24(10-8-23)21(27)17-5-6-17/h3-4,11,17,19H,5-10,12-14H2,1-2H3,(H,28,29)/t19-/m0/s1. The molecule has 2 amide bonds. The predicted octanol–water partition coefficient (Wildman–Crippen LogP) is 2.55. The maximum absolute atomic E-state index is 13.1. The van der Waals surface area contributed by atoms with E-state index in [-0.39, 0.29) is 29.6 Å². The number of hydrogen-bond acceptors (Lipinski definition) is 3. The largest absolute Gasteiger partial charge is 0.480 e. The van der Waals surface area contributed by atoms with E-state index in [1.165, 1.54) is 0 Å². The topological polar surface area (TPSA) is 77.9 Å². The number of aryl methyl sites for hydroxylation is 2. The van der Waals surface area contributed by atoms with E-state index in [4.69, 9.17) is 0 Å². The Balaban J connectivity index is 1.46. The van der Waals surface area contributed by atoms with E-state index in [0.717, 1.165) is 42.4 Å². The maximum atomic E-state index is 13.1. The summed E-state index contributed by atoms with van der Waals surface area (Å²) >= 11 is 0. The van der Waals surface area contributed by atoms with Crippen LogP contribution in [-0.4, -0.2) is 58.4 Å². The van der Waals surface area contributed by atoms with Gasteiger partial charge in [-0.05, 0) is 62.5 Å². The van der Waals surface area contributed by atoms with E-state index in [1.807, 2.05) is 36.9 Å². The highest BCUT2D eigenvalue weighted by atomic mass is 16.4. The monoisotopic (exact) mass is 398 g/mol. The smallest absolute Gasteiger partial charge is 0.326 e. The Hall–Kier alpha value is -2.37. The number of aliphatic carboxylic acids is 1. The van der Waals surface area contributed by atoms with Crippen LogP contribution in [0.2, 0.25) is 0 Å². The molecular weight excluding hydrogens is 368 g/mol. The molecule has 1 aromatic carbocycles. The highest BCUT2D eigenvalue weighted by Crippen LogP contribution is 2.44. The van der Waals surface area contributed by atoms with Gasteiger partial charge in [0.25, 0.3) is 0 Å². The quantitative estimate of drug-likeness (QED) is 0.846. The first-order valence-corrected chi connectivity index (χ1v) is 10.7. The second kappa shape index (κ2) is 7.47. The Morgan fingerprint density at radius 3 is 2.45 bits per heavy atom. The summed E-state index contributed by atoms with van der Waals surface area (Å²) in [5, 5.41) is 9.77. The van der Waals surface area contributed by atoms with Crippen molar-refractivity contribution < 1.29 is 19.5 Å². The summed E-state index contributed by atoms with van der Waals surface area (Å²) in [5.41, 5.74) is 2.93. The first kappa shape index (κ1) is 19.9. The van der Waals surface area contributed by atoms with Crippen LogP contribution < -0.4 is 0 Å². The summed E-state index contributed by atoms with van der Waals surface area (Å²) in [6, 6.07) is 5.27. The van der Waals surface area contributed by atoms with Gasteiger partial charge < -0.3 is 14.9 Å². The molecule has 0 aromatic heterocycles. The fourth-order valence-corrected chi connectivity index (χ4v) is 4.95. The third kappa shape index (κ3) is 4.02. The van der Waals surface area contributed by atoms with Crippen LogP contribution in [0, 0.1) is 25.2 Å². The number of carbonyl (C=O) groups is 3. The molecule has 3 fully saturated rings. The molecule has 1 spiro atoms. The molecule has 2 heterocycles. The van der Waals surface area contributed by atoms with Crippen molar-refractivity contribution in [3.05, 3.63) is 34.9 Å². The van der Waals surface area contributed by atoms with Gasteiger partial charge >= 0.3 is 5.97 Å². The number of nitrogens with zero attached hydrogens (tertiary/aromatic N) is 2. The molecule has 156 valence electrons. The summed E-state index contributed by atoms with van der Waals surface area (Å²) in [6.07, 6.45) is 4.29. The number of carboxylic acids is 1. The molecule has 6 nitrogen and oxygen atoms in total. The van der Waals surface area contributed by atoms with Crippen LogP contribution in [-0.2, 0) is 20.8 Å². The van der Waals surface area contributed by atoms with E-state index < -0.39 is 12.0 Å². The number of carboxylic acid groups (broad SMARTS) is 1. The second-order valence-corrected chi connectivity index (χ2v) is 9.29. The Kier molecular flexibility index (Phi) is 5.13. The first-order valence-electron chi connectivity index (χ1n) is 10.7. The number of benzene rings is 1. The van der Waals surface area contributed by atoms with Crippen LogP contribution in [0.3, 0.4) is 0 Å². The van der Waals surface area contributed by atoms with Crippen molar-refractivity contribution in [2.24, 2.45) is 11.3 Å². The lowest BCUT2D eigenvalue weighted by molar-refractivity contribution is -0.148. The van der Waals surface area contributed by atoms with Crippen molar-refractivity contribution in [3.63, 3.8) is 0 Å². The van der Waals surface area contributed by atoms with E-state index in [0.29, 0.717) is 26.1 Å². The molecule has 1 aromatic rings. The van der Waals surface area contributed by atoms with Crippen LogP contribution in [0.15, 0.2) is 18.2 Å². The molecule has 1 aliphatic carbocycles. The molecule has 6 heteroatoms. The molecule has 0 unspecified atom stereocenters. The highest BCUT2D eigenvalue weighted by Gasteiger charge is 2.50. The van der Waals surface area contributed by atoms with Crippen LogP contribution in [0.1, 0.15) is 48.8 Å². The summed E-state index contributed by atoms with van der Waals surface area (Å²) in [5.74, 6) is -0.558. The Labute approximate surface area is 171 Å². The van der Waals surface area contributed by atoms with E-state index in [9.17, 15) is 19.5 Å². The lowest BCUT2D eigenvalue weighted by Crippen LogP contribution is -2.45.